The van der Waals surface area contributed by atoms with Gasteiger partial charge in [0.15, 0.2) is 5.69 Å². The third-order valence-electron chi connectivity index (χ3n) is 5.06. The van der Waals surface area contributed by atoms with E-state index in [4.69, 9.17) is 9.26 Å². The van der Waals surface area contributed by atoms with Gasteiger partial charge in [-0.25, -0.2) is 4.68 Å². The minimum Gasteiger partial charge on any atom is -0.365 e. The van der Waals surface area contributed by atoms with E-state index in [1.165, 1.54) is 5.56 Å². The molecule has 7 heteroatoms. The normalized spacial score (nSPS) is 16.1. The number of nitrogens with zero attached hydrogens (tertiary/aromatic N) is 5. The summed E-state index contributed by atoms with van der Waals surface area (Å²) < 4.78 is 13.4. The molecule has 1 aliphatic rings. The molecule has 1 atom stereocenters. The van der Waals surface area contributed by atoms with Gasteiger partial charge in [0, 0.05) is 5.56 Å². The SMILES string of the molecule is Cc1ccc([C@H]2Cn3nnc(-c4noc(-c5ccccc5C)n4)c3CO2)cc1. The maximum atomic E-state index is 6.07. The predicted molar refractivity (Wildman–Crippen MR) is 102 cm³/mol. The van der Waals surface area contributed by atoms with Crippen LogP contribution in [0.15, 0.2) is 53.1 Å². The summed E-state index contributed by atoms with van der Waals surface area (Å²) in [5, 5.41) is 12.7. The topological polar surface area (TPSA) is 78.9 Å². The molecule has 0 unspecified atom stereocenters. The van der Waals surface area contributed by atoms with Gasteiger partial charge in [-0.3, -0.25) is 0 Å². The third-order valence-corrected chi connectivity index (χ3v) is 5.06. The Balaban J connectivity index is 1.43. The molecule has 0 saturated heterocycles. The Bertz CT molecular complexity index is 1130. The molecule has 5 rings (SSSR count). The van der Waals surface area contributed by atoms with Gasteiger partial charge in [-0.05, 0) is 31.0 Å². The van der Waals surface area contributed by atoms with Crippen molar-refractivity contribution in [2.24, 2.45) is 0 Å². The van der Waals surface area contributed by atoms with Crippen molar-refractivity contribution in [2.75, 3.05) is 0 Å². The third kappa shape index (κ3) is 2.90. The highest BCUT2D eigenvalue weighted by Crippen LogP contribution is 2.31. The van der Waals surface area contributed by atoms with Gasteiger partial charge in [-0.2, -0.15) is 4.98 Å². The molecule has 0 amide bonds. The second-order valence-corrected chi connectivity index (χ2v) is 7.02. The van der Waals surface area contributed by atoms with Crippen LogP contribution in [-0.4, -0.2) is 25.1 Å². The van der Waals surface area contributed by atoms with E-state index in [0.717, 1.165) is 22.4 Å². The van der Waals surface area contributed by atoms with Crippen LogP contribution in [0.1, 0.15) is 28.5 Å². The highest BCUT2D eigenvalue weighted by Gasteiger charge is 2.27. The number of ether oxygens (including phenoxy) is 1. The smallest absolute Gasteiger partial charge is 0.258 e. The quantitative estimate of drug-likeness (QED) is 0.542. The monoisotopic (exact) mass is 373 g/mol. The lowest BCUT2D eigenvalue weighted by Crippen LogP contribution is -2.22. The van der Waals surface area contributed by atoms with Gasteiger partial charge in [-0.15, -0.1) is 5.10 Å². The summed E-state index contributed by atoms with van der Waals surface area (Å²) in [6, 6.07) is 16.3. The Kier molecular flexibility index (Phi) is 4.02. The van der Waals surface area contributed by atoms with Gasteiger partial charge in [-0.1, -0.05) is 58.4 Å². The van der Waals surface area contributed by atoms with Crippen molar-refractivity contribution < 1.29 is 9.26 Å². The Morgan fingerprint density at radius 2 is 1.86 bits per heavy atom. The molecule has 0 N–H and O–H groups in total. The second-order valence-electron chi connectivity index (χ2n) is 7.02. The number of aromatic nitrogens is 5. The fraction of sp³-hybridized carbons (Fsp3) is 0.238. The Hall–Kier alpha value is -3.32. The van der Waals surface area contributed by atoms with Gasteiger partial charge < -0.3 is 9.26 Å². The average molecular weight is 373 g/mol. The molecular weight excluding hydrogens is 354 g/mol. The minimum atomic E-state index is -0.0459. The summed E-state index contributed by atoms with van der Waals surface area (Å²) in [5.74, 6) is 0.904. The van der Waals surface area contributed by atoms with Crippen LogP contribution >= 0.6 is 0 Å². The van der Waals surface area contributed by atoms with Crippen LogP contribution in [0, 0.1) is 13.8 Å². The molecule has 7 nitrogen and oxygen atoms in total. The first-order valence-corrected chi connectivity index (χ1v) is 9.19. The van der Waals surface area contributed by atoms with Gasteiger partial charge >= 0.3 is 0 Å². The van der Waals surface area contributed by atoms with Gasteiger partial charge in [0.2, 0.25) is 5.82 Å². The lowest BCUT2D eigenvalue weighted by molar-refractivity contribution is -0.00112. The largest absolute Gasteiger partial charge is 0.365 e. The maximum Gasteiger partial charge on any atom is 0.258 e. The van der Waals surface area contributed by atoms with Crippen LogP contribution in [0.2, 0.25) is 0 Å². The summed E-state index contributed by atoms with van der Waals surface area (Å²) in [6.07, 6.45) is -0.0459. The Labute approximate surface area is 162 Å². The van der Waals surface area contributed by atoms with Crippen LogP contribution in [0.5, 0.6) is 0 Å². The molecule has 0 fully saturated rings. The zero-order valence-electron chi connectivity index (χ0n) is 15.7. The minimum absolute atomic E-state index is 0.0459. The highest BCUT2D eigenvalue weighted by atomic mass is 16.5. The Morgan fingerprint density at radius 1 is 1.04 bits per heavy atom. The lowest BCUT2D eigenvalue weighted by Gasteiger charge is -2.24. The van der Waals surface area contributed by atoms with E-state index < -0.39 is 0 Å². The summed E-state index contributed by atoms with van der Waals surface area (Å²) in [4.78, 5) is 4.53. The zero-order chi connectivity index (χ0) is 19.1. The number of hydrogen-bond donors (Lipinski definition) is 0. The first kappa shape index (κ1) is 16.8. The number of fused-ring (bicyclic) bond motifs is 1. The summed E-state index contributed by atoms with van der Waals surface area (Å²) >= 11 is 0. The summed E-state index contributed by atoms with van der Waals surface area (Å²) in [6.45, 7) is 5.09. The highest BCUT2D eigenvalue weighted by molar-refractivity contribution is 5.61. The van der Waals surface area contributed by atoms with Crippen molar-refractivity contribution in [1.29, 1.82) is 0 Å². The average Bonchev–Trinajstić information content (AvgIpc) is 3.35. The maximum absolute atomic E-state index is 6.07. The standard InChI is InChI=1S/C21H19N5O2/c1-13-7-9-15(10-8-13)18-11-26-17(12-27-18)19(23-25-26)20-22-21(28-24-20)16-6-4-3-5-14(16)2/h3-10,18H,11-12H2,1-2H3/t18-/m1/s1. The van der Waals surface area contributed by atoms with Crippen LogP contribution in [0.25, 0.3) is 23.0 Å². The first-order valence-electron chi connectivity index (χ1n) is 9.19. The number of hydrogen-bond acceptors (Lipinski definition) is 6. The van der Waals surface area contributed by atoms with Crippen molar-refractivity contribution >= 4 is 0 Å². The Morgan fingerprint density at radius 3 is 2.68 bits per heavy atom. The molecular formula is C21H19N5O2. The van der Waals surface area contributed by atoms with Crippen LogP contribution in [-0.2, 0) is 17.9 Å². The fourth-order valence-electron chi connectivity index (χ4n) is 3.41. The van der Waals surface area contributed by atoms with Gasteiger partial charge in [0.1, 0.15) is 6.10 Å². The van der Waals surface area contributed by atoms with Crippen LogP contribution < -0.4 is 0 Å². The first-order chi connectivity index (χ1) is 13.7. The van der Waals surface area contributed by atoms with E-state index in [9.17, 15) is 0 Å². The van der Waals surface area contributed by atoms with E-state index in [0.29, 0.717) is 30.6 Å². The van der Waals surface area contributed by atoms with Crippen molar-refractivity contribution in [3.05, 3.63) is 70.9 Å². The second kappa shape index (κ2) is 6.69. The molecule has 2 aromatic heterocycles. The van der Waals surface area contributed by atoms with E-state index in [1.54, 1.807) is 0 Å². The van der Waals surface area contributed by atoms with Crippen LogP contribution in [0.4, 0.5) is 0 Å². The van der Waals surface area contributed by atoms with Crippen molar-refractivity contribution in [2.45, 2.75) is 33.1 Å². The molecule has 2 aromatic carbocycles. The molecule has 1 aliphatic heterocycles. The van der Waals surface area contributed by atoms with Crippen LogP contribution in [0.3, 0.4) is 0 Å². The van der Waals surface area contributed by atoms with Gasteiger partial charge in [0.05, 0.1) is 18.8 Å². The fourth-order valence-corrected chi connectivity index (χ4v) is 3.41. The summed E-state index contributed by atoms with van der Waals surface area (Å²) in [7, 11) is 0. The van der Waals surface area contributed by atoms with E-state index in [2.05, 4.69) is 51.6 Å². The molecule has 28 heavy (non-hydrogen) atoms. The van der Waals surface area contributed by atoms with Gasteiger partial charge in [0.25, 0.3) is 5.89 Å². The molecule has 140 valence electrons. The number of aryl methyl sites for hydroxylation is 2. The van der Waals surface area contributed by atoms with Crippen molar-refractivity contribution in [1.82, 2.24) is 25.1 Å². The molecule has 0 saturated carbocycles. The number of benzene rings is 2. The molecule has 0 spiro atoms. The zero-order valence-corrected chi connectivity index (χ0v) is 15.7. The molecule has 0 aliphatic carbocycles. The summed E-state index contributed by atoms with van der Waals surface area (Å²) in [5.41, 5.74) is 5.82. The van der Waals surface area contributed by atoms with Crippen molar-refractivity contribution in [3.63, 3.8) is 0 Å². The molecule has 0 radical (unpaired) electrons. The number of rotatable bonds is 3. The molecule has 3 heterocycles. The molecule has 0 bridgehead atoms. The van der Waals surface area contributed by atoms with Crippen molar-refractivity contribution in [3.8, 4) is 23.0 Å². The predicted octanol–water partition coefficient (Wildman–Crippen LogP) is 3.88. The van der Waals surface area contributed by atoms with E-state index in [1.807, 2.05) is 35.9 Å². The molecule has 4 aromatic rings. The van der Waals surface area contributed by atoms with E-state index in [-0.39, 0.29) is 6.10 Å². The lowest BCUT2D eigenvalue weighted by atomic mass is 10.1. The van der Waals surface area contributed by atoms with E-state index >= 15 is 0 Å².